The molecule has 1 aromatic carbocycles. The number of rotatable bonds is 7. The van der Waals surface area contributed by atoms with Crippen LogP contribution in [0.3, 0.4) is 0 Å². The Hall–Kier alpha value is -1.08. The van der Waals surface area contributed by atoms with Gasteiger partial charge in [0.25, 0.3) is 10.2 Å². The van der Waals surface area contributed by atoms with E-state index in [-0.39, 0.29) is 37.6 Å². The number of hydrogen-bond donors (Lipinski definition) is 1. The molecule has 3 rings (SSSR count). The predicted octanol–water partition coefficient (Wildman–Crippen LogP) is 0.292. The minimum Gasteiger partial charge on any atom is -0.379 e. The van der Waals surface area contributed by atoms with Gasteiger partial charge in [0.05, 0.1) is 31.2 Å². The lowest BCUT2D eigenvalue weighted by Crippen LogP contribution is -2.51. The average molecular weight is 448 g/mol. The Balaban J connectivity index is 1.69. The molecule has 0 aromatic heterocycles. The highest BCUT2D eigenvalue weighted by molar-refractivity contribution is 7.88. The smallest absolute Gasteiger partial charge is 0.279 e. The number of nitrogens with one attached hydrogen (secondary N) is 1. The van der Waals surface area contributed by atoms with E-state index in [1.165, 1.54) is 8.61 Å². The Bertz CT molecular complexity index is 890. The second-order valence-corrected chi connectivity index (χ2v) is 11.2. The van der Waals surface area contributed by atoms with Crippen molar-refractivity contribution in [3.8, 4) is 0 Å². The van der Waals surface area contributed by atoms with Crippen molar-refractivity contribution in [2.75, 3.05) is 39.4 Å². The number of hydrogen-bond acceptors (Lipinski definition) is 6. The fourth-order valence-electron chi connectivity index (χ4n) is 3.57. The lowest BCUT2D eigenvalue weighted by atomic mass is 10.1. The van der Waals surface area contributed by atoms with Crippen LogP contribution in [0.25, 0.3) is 0 Å². The maximum atomic E-state index is 12.7. The number of sulfonamides is 1. The predicted molar refractivity (Wildman–Crippen MR) is 109 cm³/mol. The summed E-state index contributed by atoms with van der Waals surface area (Å²) in [4.78, 5) is 0. The minimum atomic E-state index is -3.70. The van der Waals surface area contributed by atoms with Crippen molar-refractivity contribution >= 4 is 20.2 Å². The third kappa shape index (κ3) is 5.97. The molecule has 11 heteroatoms. The first-order chi connectivity index (χ1) is 13.7. The zero-order valence-corrected chi connectivity index (χ0v) is 18.4. The van der Waals surface area contributed by atoms with Gasteiger partial charge < -0.3 is 9.47 Å². The number of morpholine rings is 2. The molecule has 2 saturated heterocycles. The van der Waals surface area contributed by atoms with Crippen LogP contribution in [0.4, 0.5) is 0 Å². The van der Waals surface area contributed by atoms with Gasteiger partial charge in [-0.05, 0) is 25.0 Å². The first-order valence-electron chi connectivity index (χ1n) is 9.70. The lowest BCUT2D eigenvalue weighted by Gasteiger charge is -2.34. The van der Waals surface area contributed by atoms with Crippen LogP contribution in [0.1, 0.15) is 25.0 Å². The van der Waals surface area contributed by atoms with Crippen molar-refractivity contribution in [2.45, 2.75) is 38.4 Å². The zero-order chi connectivity index (χ0) is 21.1. The van der Waals surface area contributed by atoms with Crippen molar-refractivity contribution in [3.63, 3.8) is 0 Å². The van der Waals surface area contributed by atoms with Gasteiger partial charge in [0.15, 0.2) is 0 Å². The van der Waals surface area contributed by atoms with E-state index in [1.807, 2.05) is 13.8 Å². The summed E-state index contributed by atoms with van der Waals surface area (Å²) < 4.78 is 67.1. The third-order valence-electron chi connectivity index (χ3n) is 4.99. The van der Waals surface area contributed by atoms with Crippen molar-refractivity contribution in [1.29, 1.82) is 0 Å². The van der Waals surface area contributed by atoms with Crippen LogP contribution in [0, 0.1) is 0 Å². The summed E-state index contributed by atoms with van der Waals surface area (Å²) in [6.07, 6.45) is -0.359. The molecule has 1 N–H and O–H groups in total. The Labute approximate surface area is 173 Å². The van der Waals surface area contributed by atoms with Gasteiger partial charge in [0, 0.05) is 32.7 Å². The lowest BCUT2D eigenvalue weighted by molar-refractivity contribution is -0.0444. The molecule has 0 spiro atoms. The fraction of sp³-hybridized carbons (Fsp3) is 0.667. The molecule has 2 fully saturated rings. The summed E-state index contributed by atoms with van der Waals surface area (Å²) in [6.45, 7) is 5.72. The van der Waals surface area contributed by atoms with Crippen LogP contribution < -0.4 is 4.72 Å². The summed E-state index contributed by atoms with van der Waals surface area (Å²) in [6, 6.07) is 7.00. The van der Waals surface area contributed by atoms with Crippen LogP contribution in [0.5, 0.6) is 0 Å². The second kappa shape index (κ2) is 9.38. The zero-order valence-electron chi connectivity index (χ0n) is 16.8. The van der Waals surface area contributed by atoms with Gasteiger partial charge in [-0.1, -0.05) is 24.3 Å². The number of ether oxygens (including phenoxy) is 2. The molecule has 0 unspecified atom stereocenters. The molecule has 0 amide bonds. The van der Waals surface area contributed by atoms with Gasteiger partial charge in [0.1, 0.15) is 0 Å². The standard InChI is InChI=1S/C18H29N3O6S2/c1-15-12-21(13-16(2)27-15)29(24,25)19-11-17-5-3-4-6-18(17)14-28(22,23)20-7-9-26-10-8-20/h3-6,15-16,19H,7-14H2,1-2H3/t15-,16-/m0/s1. The van der Waals surface area contributed by atoms with Crippen molar-refractivity contribution in [2.24, 2.45) is 0 Å². The largest absolute Gasteiger partial charge is 0.379 e. The van der Waals surface area contributed by atoms with Gasteiger partial charge in [0.2, 0.25) is 10.0 Å². The maximum absolute atomic E-state index is 12.7. The van der Waals surface area contributed by atoms with Crippen LogP contribution in [-0.2, 0) is 42.0 Å². The van der Waals surface area contributed by atoms with Crippen LogP contribution in [-0.4, -0.2) is 77.0 Å². The first kappa shape index (κ1) is 22.6. The Morgan fingerprint density at radius 3 is 2.17 bits per heavy atom. The molecule has 0 aliphatic carbocycles. The van der Waals surface area contributed by atoms with E-state index in [1.54, 1.807) is 24.3 Å². The molecular formula is C18H29N3O6S2. The van der Waals surface area contributed by atoms with Crippen molar-refractivity contribution in [1.82, 2.24) is 13.3 Å². The Morgan fingerprint density at radius 1 is 0.966 bits per heavy atom. The van der Waals surface area contributed by atoms with Crippen molar-refractivity contribution < 1.29 is 26.3 Å². The molecule has 9 nitrogen and oxygen atoms in total. The van der Waals surface area contributed by atoms with E-state index >= 15 is 0 Å². The average Bonchev–Trinajstić information content (AvgIpc) is 2.67. The number of benzene rings is 1. The molecule has 2 heterocycles. The van der Waals surface area contributed by atoms with Crippen LogP contribution in [0.15, 0.2) is 24.3 Å². The summed E-state index contributed by atoms with van der Waals surface area (Å²) in [5.41, 5.74) is 1.23. The Morgan fingerprint density at radius 2 is 1.55 bits per heavy atom. The van der Waals surface area contributed by atoms with Gasteiger partial charge in [-0.3, -0.25) is 0 Å². The van der Waals surface area contributed by atoms with E-state index in [9.17, 15) is 16.8 Å². The molecular weight excluding hydrogens is 418 g/mol. The molecule has 0 saturated carbocycles. The van der Waals surface area contributed by atoms with Gasteiger partial charge >= 0.3 is 0 Å². The maximum Gasteiger partial charge on any atom is 0.279 e. The normalized spacial score (nSPS) is 25.2. The molecule has 2 aliphatic rings. The van der Waals surface area contributed by atoms with E-state index in [4.69, 9.17) is 9.47 Å². The highest BCUT2D eigenvalue weighted by atomic mass is 32.2. The molecule has 0 radical (unpaired) electrons. The highest BCUT2D eigenvalue weighted by Gasteiger charge is 2.31. The van der Waals surface area contributed by atoms with E-state index in [0.717, 1.165) is 0 Å². The number of nitrogens with zero attached hydrogens (tertiary/aromatic N) is 2. The first-order valence-corrected chi connectivity index (χ1v) is 12.7. The van der Waals surface area contributed by atoms with Gasteiger partial charge in [-0.2, -0.15) is 21.8 Å². The summed E-state index contributed by atoms with van der Waals surface area (Å²) in [7, 11) is -7.20. The van der Waals surface area contributed by atoms with Gasteiger partial charge in [-0.15, -0.1) is 0 Å². The molecule has 2 aliphatic heterocycles. The summed E-state index contributed by atoms with van der Waals surface area (Å²) in [5.74, 6) is -0.170. The topological polar surface area (TPSA) is 105 Å². The third-order valence-corrected chi connectivity index (χ3v) is 8.31. The summed E-state index contributed by atoms with van der Waals surface area (Å²) in [5, 5.41) is 0. The minimum absolute atomic E-state index is 0.0251. The van der Waals surface area contributed by atoms with E-state index < -0.39 is 20.2 Å². The molecule has 1 aromatic rings. The Kier molecular flexibility index (Phi) is 7.31. The van der Waals surface area contributed by atoms with Crippen molar-refractivity contribution in [3.05, 3.63) is 35.4 Å². The fourth-order valence-corrected chi connectivity index (χ4v) is 6.47. The summed E-state index contributed by atoms with van der Waals surface area (Å²) >= 11 is 0. The molecule has 0 bridgehead atoms. The monoisotopic (exact) mass is 447 g/mol. The van der Waals surface area contributed by atoms with E-state index in [0.29, 0.717) is 37.4 Å². The van der Waals surface area contributed by atoms with Crippen LogP contribution >= 0.6 is 0 Å². The van der Waals surface area contributed by atoms with Crippen LogP contribution in [0.2, 0.25) is 0 Å². The highest BCUT2D eigenvalue weighted by Crippen LogP contribution is 2.18. The second-order valence-electron chi connectivity index (χ2n) is 7.44. The quantitative estimate of drug-likeness (QED) is 0.644. The SMILES string of the molecule is C[C@H]1CN(S(=O)(=O)NCc2ccccc2CS(=O)(=O)N2CCOCC2)C[C@H](C)O1. The molecule has 164 valence electrons. The van der Waals surface area contributed by atoms with E-state index in [2.05, 4.69) is 4.72 Å². The molecule has 2 atom stereocenters. The molecule has 29 heavy (non-hydrogen) atoms. The van der Waals surface area contributed by atoms with Gasteiger partial charge in [-0.25, -0.2) is 8.42 Å².